The summed E-state index contributed by atoms with van der Waals surface area (Å²) < 4.78 is 194. The molecule has 28 heteroatoms. The van der Waals surface area contributed by atoms with Crippen molar-refractivity contribution in [1.29, 1.82) is 0 Å². The molecule has 14 nitrogen and oxygen atoms in total. The first-order valence-corrected chi connectivity index (χ1v) is 27.5. The van der Waals surface area contributed by atoms with Crippen LogP contribution in [0.15, 0.2) is 136 Å². The van der Waals surface area contributed by atoms with Gasteiger partial charge < -0.3 is 19.5 Å². The molecule has 8 rings (SSSR count). The number of Topliss-reactive ketones (excluding diaryl/α,β-unsaturated/α-hetero) is 2. The molecule has 0 spiro atoms. The molecule has 2 fully saturated rings. The highest BCUT2D eigenvalue weighted by Crippen LogP contribution is 2.34. The van der Waals surface area contributed by atoms with Gasteiger partial charge in [-0.3, -0.25) is 19.6 Å². The quantitative estimate of drug-likeness (QED) is 0.0692. The van der Waals surface area contributed by atoms with Gasteiger partial charge in [-0.05, 0) is 121 Å². The second-order valence-electron chi connectivity index (χ2n) is 18.0. The van der Waals surface area contributed by atoms with Crippen molar-refractivity contribution in [2.75, 3.05) is 27.3 Å². The summed E-state index contributed by atoms with van der Waals surface area (Å²) in [5.74, 6) is -1.02. The summed E-state index contributed by atoms with van der Waals surface area (Å²) in [7, 11) is -7.18. The Morgan fingerprint density at radius 1 is 0.613 bits per heavy atom. The summed E-state index contributed by atoms with van der Waals surface area (Å²) in [5.41, 5.74) is 0.195. The molecule has 0 amide bonds. The van der Waals surface area contributed by atoms with E-state index in [0.29, 0.717) is 40.7 Å². The van der Waals surface area contributed by atoms with Gasteiger partial charge >= 0.3 is 19.5 Å². The monoisotopic (exact) mass is 1230 g/mol. The number of aromatic nitrogens is 2. The van der Waals surface area contributed by atoms with E-state index in [1.165, 1.54) is 20.3 Å². The molecule has 4 aromatic carbocycles. The Morgan fingerprint density at radius 2 is 1.04 bits per heavy atom. The van der Waals surface area contributed by atoms with Gasteiger partial charge in [-0.25, -0.2) is 34.4 Å². The fourth-order valence-electron chi connectivity index (χ4n) is 8.41. The fraction of sp³-hybridized carbons (Fsp3) is 0.308. The predicted molar refractivity (Wildman–Crippen MR) is 275 cm³/mol. The molecule has 80 heavy (non-hydrogen) atoms. The third kappa shape index (κ3) is 16.4. The molecule has 2 aliphatic heterocycles. The molecule has 428 valence electrons. The SMILES string of the molecule is COc1cc(Br)cc(CCC(=O)[C@@H]2C[C@@H](F)CN2S(=O)(=O)c2ccc(F)cc2)c1.COc1cc(CCC(=O)[C@@H]2C[C@@H](F)CN2S(=O)(=O)c2ccc(F)cc2)cc(-c2ccc(C(F)(F)F)nc2)c1.OB(O)c1ccc(C(F)(F)F)nc1. The number of carbonyl (C=O) groups is 2. The first-order chi connectivity index (χ1) is 37.5. The molecule has 2 aromatic heterocycles. The lowest BCUT2D eigenvalue weighted by molar-refractivity contribution is -0.141. The number of hydrogen-bond donors (Lipinski definition) is 2. The summed E-state index contributed by atoms with van der Waals surface area (Å²) in [5, 5.41) is 17.1. The average molecular weight is 1230 g/mol. The molecule has 2 N–H and O–H groups in total. The van der Waals surface area contributed by atoms with Crippen molar-refractivity contribution >= 4 is 60.1 Å². The van der Waals surface area contributed by atoms with Gasteiger partial charge in [0.25, 0.3) is 0 Å². The maximum atomic E-state index is 14.3. The molecular formula is C52H48BBrF10N4O10S2. The number of hydrogen-bond acceptors (Lipinski definition) is 12. The average Bonchev–Trinajstić information content (AvgIpc) is 4.14. The highest BCUT2D eigenvalue weighted by atomic mass is 79.9. The summed E-state index contributed by atoms with van der Waals surface area (Å²) >= 11 is 3.37. The van der Waals surface area contributed by atoms with Gasteiger partial charge in [0.1, 0.15) is 46.9 Å². The number of pyridine rings is 2. The van der Waals surface area contributed by atoms with Crippen LogP contribution in [0.3, 0.4) is 0 Å². The molecule has 2 aliphatic rings. The number of rotatable bonds is 16. The van der Waals surface area contributed by atoms with Gasteiger partial charge in [-0.2, -0.15) is 35.0 Å². The van der Waals surface area contributed by atoms with Crippen molar-refractivity contribution in [2.45, 2.75) is 85.1 Å². The van der Waals surface area contributed by atoms with Crippen molar-refractivity contribution in [3.63, 3.8) is 0 Å². The third-order valence-electron chi connectivity index (χ3n) is 12.4. The van der Waals surface area contributed by atoms with E-state index in [4.69, 9.17) is 19.5 Å². The van der Waals surface area contributed by atoms with Gasteiger partial charge in [0.2, 0.25) is 20.0 Å². The minimum atomic E-state index is -4.57. The second-order valence-corrected chi connectivity index (χ2v) is 22.7. The van der Waals surface area contributed by atoms with Crippen molar-refractivity contribution in [2.24, 2.45) is 0 Å². The lowest BCUT2D eigenvalue weighted by Crippen LogP contribution is -2.40. The topological polar surface area (TPSA) is 194 Å². The van der Waals surface area contributed by atoms with Gasteiger partial charge in [0.05, 0.1) is 36.1 Å². The molecule has 0 aliphatic carbocycles. The molecule has 0 bridgehead atoms. The number of benzene rings is 4. The number of alkyl halides is 8. The molecule has 4 atom stereocenters. The zero-order chi connectivity index (χ0) is 58.9. The highest BCUT2D eigenvalue weighted by molar-refractivity contribution is 9.10. The maximum absolute atomic E-state index is 14.3. The number of ether oxygens (including phenoxy) is 2. The highest BCUT2D eigenvalue weighted by Gasteiger charge is 2.45. The van der Waals surface area contributed by atoms with E-state index < -0.39 is 99.3 Å². The molecule has 0 radical (unpaired) electrons. The van der Waals surface area contributed by atoms with E-state index >= 15 is 0 Å². The van der Waals surface area contributed by atoms with Crippen LogP contribution in [0.25, 0.3) is 11.1 Å². The molecule has 0 unspecified atom stereocenters. The largest absolute Gasteiger partial charge is 0.497 e. The van der Waals surface area contributed by atoms with Gasteiger partial charge in [0.15, 0.2) is 11.6 Å². The van der Waals surface area contributed by atoms with Crippen LogP contribution >= 0.6 is 15.9 Å². The number of halogens is 11. The number of nitrogens with zero attached hydrogens (tertiary/aromatic N) is 4. The van der Waals surface area contributed by atoms with Crippen molar-refractivity contribution < 1.29 is 89.9 Å². The first kappa shape index (κ1) is 62.9. The van der Waals surface area contributed by atoms with Gasteiger partial charge in [-0.1, -0.05) is 34.1 Å². The van der Waals surface area contributed by atoms with E-state index in [-0.39, 0.29) is 59.7 Å². The van der Waals surface area contributed by atoms with Crippen LogP contribution in [0.2, 0.25) is 0 Å². The third-order valence-corrected chi connectivity index (χ3v) is 16.7. The molecule has 4 heterocycles. The van der Waals surface area contributed by atoms with E-state index in [1.54, 1.807) is 30.3 Å². The Balaban J connectivity index is 0.000000216. The Kier molecular flexibility index (Phi) is 20.9. The Hall–Kier alpha value is -6.30. The lowest BCUT2D eigenvalue weighted by atomic mass is 9.82. The van der Waals surface area contributed by atoms with Crippen molar-refractivity contribution in [3.8, 4) is 22.6 Å². The normalized spacial score (nSPS) is 17.9. The standard InChI is InChI=1S/C26H23F5N2O4S.C20H20BrF2NO4S.C6H5BF3NO2/c1-37-21-11-16(10-18(12-21)17-3-9-25(32-14-17)26(29,30)31)2-8-24(34)23-13-20(28)15-33(23)38(35,36)22-6-4-19(27)5-7-22;1-28-17-9-13(8-14(21)10-17)2-7-20(25)19-11-16(23)12-24(19)29(26,27)18-5-3-15(22)4-6-18;8-6(9,10)5-2-1-4(3-11-5)7(12)13/h3-7,9-12,14,20,23H,2,8,13,15H2,1H3;3-6,8-10,16,19H,2,7,11-12H2,1H3;1-3,12-13H/t20-,23+;16-,19+;/m11./s1. The summed E-state index contributed by atoms with van der Waals surface area (Å²) in [4.78, 5) is 31.9. The van der Waals surface area contributed by atoms with Crippen LogP contribution in [0.5, 0.6) is 11.5 Å². The van der Waals surface area contributed by atoms with Gasteiger partial charge in [0, 0.05) is 66.7 Å². The number of ketones is 2. The predicted octanol–water partition coefficient (Wildman–Crippen LogP) is 8.90. The van der Waals surface area contributed by atoms with Crippen LogP contribution in [-0.4, -0.2) is 116 Å². The summed E-state index contributed by atoms with van der Waals surface area (Å²) in [6.45, 7) is -0.874. The van der Waals surface area contributed by atoms with E-state index in [2.05, 4.69) is 25.9 Å². The number of sulfonamides is 2. The fourth-order valence-corrected chi connectivity index (χ4v) is 12.2. The zero-order valence-corrected chi connectivity index (χ0v) is 45.2. The molecule has 0 saturated carbocycles. The second kappa shape index (κ2) is 26.5. The minimum Gasteiger partial charge on any atom is -0.497 e. The summed E-state index contributed by atoms with van der Waals surface area (Å²) in [6, 6.07) is 20.2. The first-order valence-electron chi connectivity index (χ1n) is 23.8. The smallest absolute Gasteiger partial charge is 0.490 e. The van der Waals surface area contributed by atoms with Crippen molar-refractivity contribution in [1.82, 2.24) is 18.6 Å². The minimum absolute atomic E-state index is 0.0619. The summed E-state index contributed by atoms with van der Waals surface area (Å²) in [6.07, 6.45) is -10.2. The van der Waals surface area contributed by atoms with Crippen LogP contribution in [-0.2, 0) is 54.8 Å². The van der Waals surface area contributed by atoms with Gasteiger partial charge in [-0.15, -0.1) is 0 Å². The van der Waals surface area contributed by atoms with Crippen LogP contribution in [0.4, 0.5) is 43.9 Å². The lowest BCUT2D eigenvalue weighted by Gasteiger charge is -2.23. The molecule has 2 saturated heterocycles. The Labute approximate surface area is 461 Å². The van der Waals surface area contributed by atoms with E-state index in [9.17, 15) is 70.3 Å². The Morgan fingerprint density at radius 3 is 1.43 bits per heavy atom. The van der Waals surface area contributed by atoms with Crippen LogP contribution in [0, 0.1) is 11.6 Å². The van der Waals surface area contributed by atoms with E-state index in [1.807, 2.05) is 6.07 Å². The van der Waals surface area contributed by atoms with E-state index in [0.717, 1.165) is 91.7 Å². The molecule has 6 aromatic rings. The molecular weight excluding hydrogens is 1190 g/mol. The zero-order valence-electron chi connectivity index (χ0n) is 42.0. The number of aryl methyl sites for hydroxylation is 2. The number of carbonyl (C=O) groups excluding carboxylic acids is 2. The van der Waals surface area contributed by atoms with Crippen molar-refractivity contribution in [3.05, 3.63) is 160 Å². The Bertz CT molecular complexity index is 3330. The van der Waals surface area contributed by atoms with Crippen LogP contribution in [0.1, 0.15) is 48.2 Å². The van der Waals surface area contributed by atoms with Crippen LogP contribution < -0.4 is 14.9 Å². The maximum Gasteiger partial charge on any atom is 0.490 e. The number of methoxy groups -OCH3 is 2.